The second-order valence-electron chi connectivity index (χ2n) is 7.64. The average Bonchev–Trinajstić information content (AvgIpc) is 2.85. The first kappa shape index (κ1) is 19.7. The molecular weight excluding hydrogens is 398 g/mol. The molecule has 0 radical (unpaired) electrons. The summed E-state index contributed by atoms with van der Waals surface area (Å²) in [5, 5.41) is 10.9. The summed E-state index contributed by atoms with van der Waals surface area (Å²) >= 11 is 0. The Hall–Kier alpha value is -4.22. The molecule has 0 amide bonds. The van der Waals surface area contributed by atoms with Gasteiger partial charge in [0.1, 0.15) is 5.75 Å². The Morgan fingerprint density at radius 3 is 2.25 bits per heavy atom. The minimum atomic E-state index is -0.220. The highest BCUT2D eigenvalue weighted by atomic mass is 16.3. The smallest absolute Gasteiger partial charge is 0.257 e. The number of nitrogens with zero attached hydrogens (tertiary/aromatic N) is 1. The molecule has 0 saturated heterocycles. The van der Waals surface area contributed by atoms with Crippen LogP contribution in [0.5, 0.6) is 5.75 Å². The van der Waals surface area contributed by atoms with Crippen molar-refractivity contribution >= 4 is 10.9 Å². The highest BCUT2D eigenvalue weighted by Crippen LogP contribution is 2.37. The van der Waals surface area contributed by atoms with E-state index in [2.05, 4.69) is 10.7 Å². The van der Waals surface area contributed by atoms with Crippen LogP contribution in [0.3, 0.4) is 0 Å². The molecule has 0 fully saturated rings. The summed E-state index contributed by atoms with van der Waals surface area (Å²) in [5.41, 5.74) is 10.3. The Kier molecular flexibility index (Phi) is 5.01. The van der Waals surface area contributed by atoms with E-state index < -0.39 is 0 Å². The van der Waals surface area contributed by atoms with Crippen molar-refractivity contribution in [2.75, 3.05) is 0 Å². The lowest BCUT2D eigenvalue weighted by Gasteiger charge is -2.14. The van der Waals surface area contributed by atoms with Gasteiger partial charge < -0.3 is 15.8 Å². The monoisotopic (exact) mass is 420 g/mol. The lowest BCUT2D eigenvalue weighted by atomic mass is 9.95. The normalized spacial score (nSPS) is 11.0. The maximum Gasteiger partial charge on any atom is 0.257 e. The highest BCUT2D eigenvalue weighted by Gasteiger charge is 2.17. The highest BCUT2D eigenvalue weighted by molar-refractivity contribution is 5.99. The maximum atomic E-state index is 12.8. The van der Waals surface area contributed by atoms with Crippen LogP contribution < -0.4 is 11.3 Å². The van der Waals surface area contributed by atoms with Crippen LogP contribution in [-0.2, 0) is 6.54 Å². The van der Waals surface area contributed by atoms with E-state index in [4.69, 9.17) is 4.98 Å². The number of aromatic nitrogens is 2. The number of nitrogens with one attached hydrogen (secondary N) is 1. The number of fused-ring (bicyclic) bond motifs is 1. The summed E-state index contributed by atoms with van der Waals surface area (Å²) in [6.45, 7) is 0.712. The van der Waals surface area contributed by atoms with Gasteiger partial charge in [-0.3, -0.25) is 4.79 Å². The zero-order chi connectivity index (χ0) is 22.1. The van der Waals surface area contributed by atoms with Gasteiger partial charge in [0.15, 0.2) is 0 Å². The molecule has 32 heavy (non-hydrogen) atoms. The van der Waals surface area contributed by atoms with Crippen LogP contribution in [-0.4, -0.2) is 15.1 Å². The molecule has 0 saturated carbocycles. The fourth-order valence-electron chi connectivity index (χ4n) is 3.97. The number of aromatic hydroxyl groups is 1. The van der Waals surface area contributed by atoms with E-state index in [9.17, 15) is 9.90 Å². The Balaban J connectivity index is 1.86. The molecule has 5 heteroatoms. The number of para-hydroxylation sites is 1. The van der Waals surface area contributed by atoms with Crippen molar-refractivity contribution in [1.29, 1.82) is 0 Å². The molecule has 5 N–H and O–H groups in total. The third-order valence-electron chi connectivity index (χ3n) is 5.66. The van der Waals surface area contributed by atoms with Crippen LogP contribution in [0.4, 0.5) is 0 Å². The van der Waals surface area contributed by atoms with Crippen LogP contribution in [0.1, 0.15) is 5.56 Å². The van der Waals surface area contributed by atoms with Gasteiger partial charge in [-0.25, -0.2) is 4.98 Å². The first-order valence-electron chi connectivity index (χ1n) is 10.4. The molecule has 5 aromatic rings. The van der Waals surface area contributed by atoms with Gasteiger partial charge in [0.2, 0.25) is 0 Å². The number of aromatic amines is 1. The van der Waals surface area contributed by atoms with Gasteiger partial charge in [-0.2, -0.15) is 0 Å². The zero-order valence-corrected chi connectivity index (χ0v) is 17.4. The van der Waals surface area contributed by atoms with Crippen LogP contribution >= 0.6 is 0 Å². The van der Waals surface area contributed by atoms with E-state index in [1.54, 1.807) is 18.3 Å². The van der Waals surface area contributed by atoms with E-state index in [0.717, 1.165) is 27.9 Å². The summed E-state index contributed by atoms with van der Waals surface area (Å²) in [6, 6.07) is 27.0. The van der Waals surface area contributed by atoms with Crippen molar-refractivity contribution in [3.05, 3.63) is 107 Å². The zero-order valence-electron chi connectivity index (χ0n) is 17.4. The minimum absolute atomic E-state index is 0.135. The Labute approximate surface area is 184 Å². The Bertz CT molecular complexity index is 1470. The molecule has 2 aromatic heterocycles. The fraction of sp³-hybridized carbons (Fsp3) is 0.0370. The first-order valence-corrected chi connectivity index (χ1v) is 10.4. The number of pyridine rings is 2. The second kappa shape index (κ2) is 8.13. The number of hydrogen-bond acceptors (Lipinski definition) is 3. The van der Waals surface area contributed by atoms with Gasteiger partial charge in [-0.1, -0.05) is 72.8 Å². The minimum Gasteiger partial charge on any atom is -0.507 e. The van der Waals surface area contributed by atoms with Crippen molar-refractivity contribution in [2.45, 2.75) is 6.54 Å². The molecule has 0 spiro atoms. The summed E-state index contributed by atoms with van der Waals surface area (Å²) < 4.78 is 0. The second-order valence-corrected chi connectivity index (χ2v) is 7.64. The van der Waals surface area contributed by atoms with E-state index in [1.807, 2.05) is 72.8 Å². The Morgan fingerprint density at radius 1 is 0.812 bits per heavy atom. The lowest BCUT2D eigenvalue weighted by molar-refractivity contribution is -0.386. The molecule has 0 unspecified atom stereocenters. The third kappa shape index (κ3) is 3.45. The molecule has 0 aliphatic heterocycles. The topological polar surface area (TPSA) is 93.6 Å². The summed E-state index contributed by atoms with van der Waals surface area (Å²) in [4.78, 5) is 20.6. The molecule has 2 heterocycles. The molecule has 0 atom stereocenters. The number of H-pyrrole nitrogens is 1. The summed E-state index contributed by atoms with van der Waals surface area (Å²) in [7, 11) is 0. The van der Waals surface area contributed by atoms with Crippen LogP contribution in [0.25, 0.3) is 44.4 Å². The third-order valence-corrected chi connectivity index (χ3v) is 5.66. The average molecular weight is 420 g/mol. The number of phenols is 1. The van der Waals surface area contributed by atoms with Crippen molar-refractivity contribution in [3.8, 4) is 39.3 Å². The van der Waals surface area contributed by atoms with Gasteiger partial charge in [0, 0.05) is 34.0 Å². The number of benzene rings is 3. The van der Waals surface area contributed by atoms with Crippen molar-refractivity contribution < 1.29 is 10.8 Å². The molecule has 0 aliphatic rings. The number of rotatable bonds is 4. The fourth-order valence-corrected chi connectivity index (χ4v) is 3.97. The van der Waals surface area contributed by atoms with Crippen LogP contribution in [0.15, 0.2) is 95.9 Å². The summed E-state index contributed by atoms with van der Waals surface area (Å²) in [5.74, 6) is 0.135. The van der Waals surface area contributed by atoms with Crippen molar-refractivity contribution in [1.82, 2.24) is 9.97 Å². The molecule has 5 nitrogen and oxygen atoms in total. The van der Waals surface area contributed by atoms with E-state index in [1.165, 1.54) is 0 Å². The maximum absolute atomic E-state index is 12.8. The first-order chi connectivity index (χ1) is 15.7. The van der Waals surface area contributed by atoms with Gasteiger partial charge >= 0.3 is 0 Å². The number of phenolic OH excluding ortho intramolecular Hbond substituents is 1. The van der Waals surface area contributed by atoms with Gasteiger partial charge in [0.25, 0.3) is 5.56 Å². The molecular formula is C27H22N3O2+. The molecule has 0 bridgehead atoms. The predicted octanol–water partition coefficient (Wildman–Crippen LogP) is 4.37. The standard InChI is InChI=1S/C27H21N3O2/c28-15-17-10-12-19(13-11-17)25-21(18-6-2-1-3-7-18)14-22-26(30-25)23(16-29-27(22)32)20-8-4-5-9-24(20)31/h1-14,16,31H,15,28H2,(H,29,32)/p+1. The largest absolute Gasteiger partial charge is 0.507 e. The summed E-state index contributed by atoms with van der Waals surface area (Å²) in [6.07, 6.45) is 1.62. The predicted molar refractivity (Wildman–Crippen MR) is 127 cm³/mol. The molecule has 0 aliphatic carbocycles. The van der Waals surface area contributed by atoms with E-state index >= 15 is 0 Å². The Morgan fingerprint density at radius 2 is 1.53 bits per heavy atom. The van der Waals surface area contributed by atoms with Crippen LogP contribution in [0.2, 0.25) is 0 Å². The lowest BCUT2D eigenvalue weighted by Crippen LogP contribution is -2.47. The number of quaternary nitrogens is 1. The molecule has 3 aromatic carbocycles. The molecule has 5 rings (SSSR count). The van der Waals surface area contributed by atoms with Crippen molar-refractivity contribution in [3.63, 3.8) is 0 Å². The van der Waals surface area contributed by atoms with Crippen molar-refractivity contribution in [2.24, 2.45) is 0 Å². The van der Waals surface area contributed by atoms with Crippen LogP contribution in [0, 0.1) is 0 Å². The van der Waals surface area contributed by atoms with Gasteiger partial charge in [-0.15, -0.1) is 0 Å². The number of hydrogen-bond donors (Lipinski definition) is 3. The van der Waals surface area contributed by atoms with Gasteiger partial charge in [0.05, 0.1) is 23.1 Å². The van der Waals surface area contributed by atoms with Gasteiger partial charge in [-0.05, 0) is 17.7 Å². The molecule has 156 valence electrons. The SMILES string of the molecule is [NH3+]Cc1ccc(-c2nc3c(-c4ccccc4O)c[nH]c(=O)c3cc2-c2ccccc2)cc1. The van der Waals surface area contributed by atoms with E-state index in [-0.39, 0.29) is 11.3 Å². The quantitative estimate of drug-likeness (QED) is 0.403. The van der Waals surface area contributed by atoms with E-state index in [0.29, 0.717) is 28.6 Å².